The van der Waals surface area contributed by atoms with E-state index in [-0.39, 0.29) is 5.91 Å². The minimum absolute atomic E-state index is 0.181. The van der Waals surface area contributed by atoms with Crippen LogP contribution in [0.2, 0.25) is 0 Å². The molecule has 0 radical (unpaired) electrons. The number of rotatable bonds is 3. The second-order valence-corrected chi connectivity index (χ2v) is 8.21. The lowest BCUT2D eigenvalue weighted by Gasteiger charge is -2.36. The molecule has 3 fully saturated rings. The van der Waals surface area contributed by atoms with Crippen molar-refractivity contribution in [3.8, 4) is 0 Å². The van der Waals surface area contributed by atoms with Crippen molar-refractivity contribution in [2.45, 2.75) is 45.1 Å². The standard InChI is InChI=1S/C21H32N4O2/c1-16-13-20(24-9-7-23(8-10-24)17(2)26)14-21(22-16)18-3-6-25(15-18)19-4-11-27-12-5-19/h13-14,18-19H,3-12,15H2,1-2H3. The van der Waals surface area contributed by atoms with Crippen LogP contribution in [-0.2, 0) is 9.53 Å². The second kappa shape index (κ2) is 8.15. The van der Waals surface area contributed by atoms with Gasteiger partial charge in [0.15, 0.2) is 0 Å². The maximum absolute atomic E-state index is 11.6. The van der Waals surface area contributed by atoms with Crippen LogP contribution in [0.5, 0.6) is 0 Å². The normalized spacial score (nSPS) is 25.2. The van der Waals surface area contributed by atoms with Crippen LogP contribution in [-0.4, -0.2) is 79.2 Å². The van der Waals surface area contributed by atoms with Gasteiger partial charge in [-0.15, -0.1) is 0 Å². The SMILES string of the molecule is CC(=O)N1CCN(c2cc(C)nc(C3CCN(C4CCOCC4)C3)c2)CC1. The number of carbonyl (C=O) groups is 1. The summed E-state index contributed by atoms with van der Waals surface area (Å²) < 4.78 is 5.52. The number of nitrogens with zero attached hydrogens (tertiary/aromatic N) is 4. The van der Waals surface area contributed by atoms with Crippen molar-refractivity contribution in [1.82, 2.24) is 14.8 Å². The lowest BCUT2D eigenvalue weighted by Crippen LogP contribution is -2.48. The monoisotopic (exact) mass is 372 g/mol. The van der Waals surface area contributed by atoms with Gasteiger partial charge in [0.1, 0.15) is 0 Å². The summed E-state index contributed by atoms with van der Waals surface area (Å²) in [6.45, 7) is 11.3. The number of ether oxygens (including phenoxy) is 1. The number of piperazine rings is 1. The highest BCUT2D eigenvalue weighted by atomic mass is 16.5. The van der Waals surface area contributed by atoms with Gasteiger partial charge >= 0.3 is 0 Å². The van der Waals surface area contributed by atoms with E-state index in [0.29, 0.717) is 12.0 Å². The van der Waals surface area contributed by atoms with E-state index >= 15 is 0 Å². The van der Waals surface area contributed by atoms with Crippen LogP contribution in [0.25, 0.3) is 0 Å². The van der Waals surface area contributed by atoms with E-state index < -0.39 is 0 Å². The van der Waals surface area contributed by atoms with Crippen LogP contribution in [0, 0.1) is 6.92 Å². The van der Waals surface area contributed by atoms with Crippen LogP contribution in [0.4, 0.5) is 5.69 Å². The molecule has 6 heteroatoms. The van der Waals surface area contributed by atoms with Crippen molar-refractivity contribution in [2.24, 2.45) is 0 Å². The van der Waals surface area contributed by atoms with Crippen molar-refractivity contribution >= 4 is 11.6 Å². The zero-order chi connectivity index (χ0) is 18.8. The Morgan fingerprint density at radius 3 is 2.52 bits per heavy atom. The summed E-state index contributed by atoms with van der Waals surface area (Å²) in [7, 11) is 0. The van der Waals surface area contributed by atoms with E-state index in [4.69, 9.17) is 9.72 Å². The van der Waals surface area contributed by atoms with E-state index in [2.05, 4.69) is 28.9 Å². The topological polar surface area (TPSA) is 48.9 Å². The molecule has 6 nitrogen and oxygen atoms in total. The average Bonchev–Trinajstić information content (AvgIpc) is 3.19. The van der Waals surface area contributed by atoms with Gasteiger partial charge in [-0.1, -0.05) is 0 Å². The van der Waals surface area contributed by atoms with Gasteiger partial charge in [0.05, 0.1) is 0 Å². The number of hydrogen-bond donors (Lipinski definition) is 0. The first-order valence-corrected chi connectivity index (χ1v) is 10.4. The predicted molar refractivity (Wildman–Crippen MR) is 106 cm³/mol. The van der Waals surface area contributed by atoms with E-state index in [1.54, 1.807) is 6.92 Å². The average molecular weight is 373 g/mol. The van der Waals surface area contributed by atoms with Gasteiger partial charge < -0.3 is 14.5 Å². The van der Waals surface area contributed by atoms with Crippen LogP contribution < -0.4 is 4.90 Å². The van der Waals surface area contributed by atoms with Gasteiger partial charge in [0.25, 0.3) is 0 Å². The fourth-order valence-electron chi connectivity index (χ4n) is 4.76. The Bertz CT molecular complexity index is 666. The number of amides is 1. The molecular weight excluding hydrogens is 340 g/mol. The third-order valence-corrected chi connectivity index (χ3v) is 6.39. The molecule has 1 unspecified atom stereocenters. The molecule has 1 aromatic heterocycles. The molecule has 0 bridgehead atoms. The molecule has 3 aliphatic rings. The van der Waals surface area contributed by atoms with Crippen molar-refractivity contribution in [3.63, 3.8) is 0 Å². The molecule has 1 aromatic rings. The highest BCUT2D eigenvalue weighted by Crippen LogP contribution is 2.32. The van der Waals surface area contributed by atoms with Crippen molar-refractivity contribution in [2.75, 3.05) is 57.4 Å². The summed E-state index contributed by atoms with van der Waals surface area (Å²) in [5.41, 5.74) is 3.61. The summed E-state index contributed by atoms with van der Waals surface area (Å²) in [6.07, 6.45) is 3.53. The molecule has 3 aliphatic heterocycles. The zero-order valence-corrected chi connectivity index (χ0v) is 16.7. The molecule has 0 aromatic carbocycles. The number of hydrogen-bond acceptors (Lipinski definition) is 5. The third-order valence-electron chi connectivity index (χ3n) is 6.39. The van der Waals surface area contributed by atoms with Gasteiger partial charge in [-0.25, -0.2) is 0 Å². The number of aromatic nitrogens is 1. The lowest BCUT2D eigenvalue weighted by atomic mass is 10.0. The molecule has 3 saturated heterocycles. The molecule has 0 N–H and O–H groups in total. The summed E-state index contributed by atoms with van der Waals surface area (Å²) in [4.78, 5) is 23.5. The summed E-state index contributed by atoms with van der Waals surface area (Å²) >= 11 is 0. The number of anilines is 1. The summed E-state index contributed by atoms with van der Waals surface area (Å²) in [5, 5.41) is 0. The summed E-state index contributed by atoms with van der Waals surface area (Å²) in [5.74, 6) is 0.713. The highest BCUT2D eigenvalue weighted by molar-refractivity contribution is 5.73. The van der Waals surface area contributed by atoms with Gasteiger partial charge in [0.2, 0.25) is 5.91 Å². The molecule has 0 saturated carbocycles. The maximum atomic E-state index is 11.6. The van der Waals surface area contributed by atoms with E-state index in [9.17, 15) is 4.79 Å². The molecule has 27 heavy (non-hydrogen) atoms. The van der Waals surface area contributed by atoms with Crippen LogP contribution in [0.1, 0.15) is 43.5 Å². The Balaban J connectivity index is 1.43. The van der Waals surface area contributed by atoms with Gasteiger partial charge in [-0.3, -0.25) is 14.7 Å². The number of carbonyl (C=O) groups excluding carboxylic acids is 1. The first-order chi connectivity index (χ1) is 13.1. The van der Waals surface area contributed by atoms with Crippen molar-refractivity contribution < 1.29 is 9.53 Å². The number of aryl methyl sites for hydroxylation is 1. The molecule has 4 rings (SSSR count). The number of pyridine rings is 1. The van der Waals surface area contributed by atoms with Crippen molar-refractivity contribution in [3.05, 3.63) is 23.5 Å². The Morgan fingerprint density at radius 2 is 1.81 bits per heavy atom. The molecule has 0 aliphatic carbocycles. The molecule has 4 heterocycles. The fraction of sp³-hybridized carbons (Fsp3) is 0.714. The van der Waals surface area contributed by atoms with Gasteiger partial charge in [0, 0.05) is 81.9 Å². The zero-order valence-electron chi connectivity index (χ0n) is 16.7. The molecule has 1 atom stereocenters. The minimum Gasteiger partial charge on any atom is -0.381 e. The third kappa shape index (κ3) is 4.27. The molecule has 1 amide bonds. The van der Waals surface area contributed by atoms with Crippen LogP contribution in [0.3, 0.4) is 0 Å². The number of likely N-dealkylation sites (tertiary alicyclic amines) is 1. The predicted octanol–water partition coefficient (Wildman–Crippen LogP) is 2.03. The first-order valence-electron chi connectivity index (χ1n) is 10.4. The minimum atomic E-state index is 0.181. The molecule has 0 spiro atoms. The van der Waals surface area contributed by atoms with E-state index in [1.165, 1.54) is 37.2 Å². The molecular formula is C21H32N4O2. The Labute approximate surface area is 162 Å². The van der Waals surface area contributed by atoms with Crippen LogP contribution in [0.15, 0.2) is 12.1 Å². The summed E-state index contributed by atoms with van der Waals surface area (Å²) in [6, 6.07) is 5.18. The lowest BCUT2D eigenvalue weighted by molar-refractivity contribution is -0.129. The first kappa shape index (κ1) is 18.7. The van der Waals surface area contributed by atoms with E-state index in [0.717, 1.165) is 51.6 Å². The van der Waals surface area contributed by atoms with Gasteiger partial charge in [-0.2, -0.15) is 0 Å². The van der Waals surface area contributed by atoms with Gasteiger partial charge in [-0.05, 0) is 44.9 Å². The Kier molecular flexibility index (Phi) is 5.64. The quantitative estimate of drug-likeness (QED) is 0.813. The Morgan fingerprint density at radius 1 is 1.07 bits per heavy atom. The van der Waals surface area contributed by atoms with Crippen LogP contribution >= 0.6 is 0 Å². The van der Waals surface area contributed by atoms with E-state index in [1.807, 2.05) is 4.90 Å². The molecule has 148 valence electrons. The fourth-order valence-corrected chi connectivity index (χ4v) is 4.76. The highest BCUT2D eigenvalue weighted by Gasteiger charge is 2.31. The van der Waals surface area contributed by atoms with Crippen molar-refractivity contribution in [1.29, 1.82) is 0 Å². The second-order valence-electron chi connectivity index (χ2n) is 8.21. The maximum Gasteiger partial charge on any atom is 0.219 e. The Hall–Kier alpha value is -1.66. The smallest absolute Gasteiger partial charge is 0.219 e. The largest absolute Gasteiger partial charge is 0.381 e.